The summed E-state index contributed by atoms with van der Waals surface area (Å²) in [4.78, 5) is -0.0717. The lowest BCUT2D eigenvalue weighted by atomic mass is 10.1. The lowest BCUT2D eigenvalue weighted by molar-refractivity contribution is 0.0639. The molecule has 0 aliphatic heterocycles. The molecule has 0 saturated heterocycles. The van der Waals surface area contributed by atoms with E-state index in [-0.39, 0.29) is 11.5 Å². The zero-order valence-electron chi connectivity index (χ0n) is 9.39. The van der Waals surface area contributed by atoms with Gasteiger partial charge in [0.15, 0.2) is 0 Å². The maximum Gasteiger partial charge on any atom is 0.223 e. The minimum atomic E-state index is -3.56. The second-order valence-corrected chi connectivity index (χ2v) is 6.99. The molecular formula is C8H18N2O3S2. The summed E-state index contributed by atoms with van der Waals surface area (Å²) < 4.78 is 24.7. The highest BCUT2D eigenvalue weighted by Crippen LogP contribution is 2.12. The van der Waals surface area contributed by atoms with Gasteiger partial charge in [0, 0.05) is 13.6 Å². The summed E-state index contributed by atoms with van der Waals surface area (Å²) in [6.07, 6.45) is 0. The van der Waals surface area contributed by atoms with Crippen LogP contribution >= 0.6 is 12.2 Å². The van der Waals surface area contributed by atoms with E-state index in [0.29, 0.717) is 0 Å². The number of hydrogen-bond donors (Lipinski definition) is 2. The van der Waals surface area contributed by atoms with Crippen molar-refractivity contribution in [2.45, 2.75) is 31.6 Å². The number of thiocarbonyl (C=S) groups is 1. The molecule has 0 fully saturated rings. The molecule has 1 atom stereocenters. The molecular weight excluding hydrogens is 236 g/mol. The predicted octanol–water partition coefficient (Wildman–Crippen LogP) is -0.306. The van der Waals surface area contributed by atoms with Crippen molar-refractivity contribution in [3.05, 3.63) is 0 Å². The van der Waals surface area contributed by atoms with Gasteiger partial charge in [0.2, 0.25) is 10.0 Å². The number of likely N-dealkylation sites (N-methyl/N-ethyl adjacent to an activating group) is 1. The predicted molar refractivity (Wildman–Crippen MR) is 64.1 cm³/mol. The fourth-order valence-electron chi connectivity index (χ4n) is 1.05. The van der Waals surface area contributed by atoms with E-state index in [2.05, 4.69) is 12.2 Å². The average Bonchev–Trinajstić information content (AvgIpc) is 1.99. The molecule has 0 heterocycles. The van der Waals surface area contributed by atoms with Gasteiger partial charge in [-0.2, -0.15) is 0 Å². The molecule has 5 nitrogen and oxygen atoms in total. The van der Waals surface area contributed by atoms with Crippen molar-refractivity contribution in [3.63, 3.8) is 0 Å². The number of nitrogens with two attached hydrogens (primary N) is 1. The second-order valence-electron chi connectivity index (χ2n) is 4.16. The summed E-state index contributed by atoms with van der Waals surface area (Å²) in [6.45, 7) is 4.50. The summed E-state index contributed by atoms with van der Waals surface area (Å²) in [5.74, 6) is 0. The van der Waals surface area contributed by atoms with Crippen LogP contribution in [0, 0.1) is 0 Å². The first kappa shape index (κ1) is 14.8. The summed E-state index contributed by atoms with van der Waals surface area (Å²) in [6, 6.07) is 0. The Morgan fingerprint density at radius 1 is 1.60 bits per heavy atom. The van der Waals surface area contributed by atoms with Gasteiger partial charge < -0.3 is 10.8 Å². The highest BCUT2D eigenvalue weighted by molar-refractivity contribution is 7.92. The molecule has 7 heteroatoms. The fraction of sp³-hybridized carbons (Fsp3) is 0.875. The molecule has 0 aromatic rings. The minimum absolute atomic E-state index is 0.00227. The van der Waals surface area contributed by atoms with Gasteiger partial charge in [-0.3, -0.25) is 0 Å². The Hall–Kier alpha value is -0.240. The maximum absolute atomic E-state index is 11.8. The topological polar surface area (TPSA) is 83.6 Å². The molecule has 0 rings (SSSR count). The molecule has 15 heavy (non-hydrogen) atoms. The van der Waals surface area contributed by atoms with E-state index in [9.17, 15) is 13.5 Å². The third-order valence-electron chi connectivity index (χ3n) is 1.89. The molecule has 0 aliphatic rings. The first-order chi connectivity index (χ1) is 6.48. The van der Waals surface area contributed by atoms with Crippen LogP contribution in [0.1, 0.15) is 20.8 Å². The van der Waals surface area contributed by atoms with E-state index in [1.807, 2.05) is 0 Å². The van der Waals surface area contributed by atoms with E-state index in [4.69, 9.17) is 5.73 Å². The van der Waals surface area contributed by atoms with Crippen molar-refractivity contribution < 1.29 is 13.5 Å². The van der Waals surface area contributed by atoms with Gasteiger partial charge in [0.1, 0.15) is 5.25 Å². The maximum atomic E-state index is 11.8. The minimum Gasteiger partial charge on any atom is -0.392 e. The number of hydrogen-bond acceptors (Lipinski definition) is 4. The molecule has 90 valence electrons. The molecule has 0 bridgehead atoms. The van der Waals surface area contributed by atoms with E-state index in [1.54, 1.807) is 0 Å². The zero-order valence-corrected chi connectivity index (χ0v) is 11.0. The number of rotatable bonds is 5. The van der Waals surface area contributed by atoms with Crippen LogP contribution in [0.15, 0.2) is 0 Å². The standard InChI is InChI=1S/C8H18N2O3S2/c1-6(7(9)14)15(12,13)10(4)5-8(2,3)11/h6,11H,5H2,1-4H3,(H2,9,14). The van der Waals surface area contributed by atoms with Crippen LogP contribution in [-0.2, 0) is 10.0 Å². The van der Waals surface area contributed by atoms with Gasteiger partial charge in [-0.15, -0.1) is 0 Å². The molecule has 0 spiro atoms. The summed E-state index contributed by atoms with van der Waals surface area (Å²) in [5, 5.41) is 8.58. The summed E-state index contributed by atoms with van der Waals surface area (Å²) >= 11 is 4.64. The van der Waals surface area contributed by atoms with Gasteiger partial charge in [-0.05, 0) is 20.8 Å². The molecule has 0 aromatic carbocycles. The van der Waals surface area contributed by atoms with Gasteiger partial charge in [-0.1, -0.05) is 12.2 Å². The Kier molecular flexibility index (Phi) is 4.66. The third kappa shape index (κ3) is 4.42. The van der Waals surface area contributed by atoms with Crippen molar-refractivity contribution >= 4 is 27.2 Å². The Morgan fingerprint density at radius 3 is 2.27 bits per heavy atom. The van der Waals surface area contributed by atoms with Gasteiger partial charge in [-0.25, -0.2) is 12.7 Å². The normalized spacial score (nSPS) is 15.3. The zero-order chi connectivity index (χ0) is 12.4. The van der Waals surface area contributed by atoms with Crippen LogP contribution in [0.5, 0.6) is 0 Å². The van der Waals surface area contributed by atoms with E-state index in [0.717, 1.165) is 4.31 Å². The van der Waals surface area contributed by atoms with Crippen molar-refractivity contribution in [1.82, 2.24) is 4.31 Å². The number of nitrogens with zero attached hydrogens (tertiary/aromatic N) is 1. The molecule has 0 radical (unpaired) electrons. The quantitative estimate of drug-likeness (QED) is 0.658. The summed E-state index contributed by atoms with van der Waals surface area (Å²) in [7, 11) is -2.17. The van der Waals surface area contributed by atoms with Crippen LogP contribution in [-0.4, -0.2) is 47.3 Å². The molecule has 3 N–H and O–H groups in total. The number of sulfonamides is 1. The van der Waals surface area contributed by atoms with Crippen molar-refractivity contribution in [3.8, 4) is 0 Å². The third-order valence-corrected chi connectivity index (χ3v) is 4.54. The van der Waals surface area contributed by atoms with Crippen LogP contribution in [0.3, 0.4) is 0 Å². The van der Waals surface area contributed by atoms with Crippen LogP contribution in [0.25, 0.3) is 0 Å². The SMILES string of the molecule is CC(C(N)=S)S(=O)(=O)N(C)CC(C)(C)O. The highest BCUT2D eigenvalue weighted by Gasteiger charge is 2.31. The van der Waals surface area contributed by atoms with Crippen molar-refractivity contribution in [1.29, 1.82) is 0 Å². The molecule has 0 aliphatic carbocycles. The fourth-order valence-corrected chi connectivity index (χ4v) is 2.75. The van der Waals surface area contributed by atoms with Gasteiger partial charge >= 0.3 is 0 Å². The van der Waals surface area contributed by atoms with E-state index < -0.39 is 20.9 Å². The monoisotopic (exact) mass is 254 g/mol. The molecule has 1 unspecified atom stereocenters. The Bertz CT molecular complexity index is 332. The van der Waals surface area contributed by atoms with E-state index >= 15 is 0 Å². The first-order valence-electron chi connectivity index (χ1n) is 4.45. The Balaban J connectivity index is 4.83. The molecule has 0 saturated carbocycles. The molecule has 0 aromatic heterocycles. The molecule has 0 amide bonds. The van der Waals surface area contributed by atoms with Crippen LogP contribution in [0.2, 0.25) is 0 Å². The summed E-state index contributed by atoms with van der Waals surface area (Å²) in [5.41, 5.74) is 4.20. The van der Waals surface area contributed by atoms with Crippen molar-refractivity contribution in [2.75, 3.05) is 13.6 Å². The Morgan fingerprint density at radius 2 is 2.00 bits per heavy atom. The Labute approximate surface area is 96.3 Å². The average molecular weight is 254 g/mol. The second kappa shape index (κ2) is 4.73. The first-order valence-corrected chi connectivity index (χ1v) is 6.36. The van der Waals surface area contributed by atoms with Crippen LogP contribution < -0.4 is 5.73 Å². The number of aliphatic hydroxyl groups is 1. The van der Waals surface area contributed by atoms with Gasteiger partial charge in [0.25, 0.3) is 0 Å². The highest BCUT2D eigenvalue weighted by atomic mass is 32.2. The smallest absolute Gasteiger partial charge is 0.223 e. The van der Waals surface area contributed by atoms with Gasteiger partial charge in [0.05, 0.1) is 10.6 Å². The lowest BCUT2D eigenvalue weighted by Crippen LogP contribution is -2.46. The van der Waals surface area contributed by atoms with E-state index in [1.165, 1.54) is 27.8 Å². The lowest BCUT2D eigenvalue weighted by Gasteiger charge is -2.27. The largest absolute Gasteiger partial charge is 0.392 e. The van der Waals surface area contributed by atoms with Crippen molar-refractivity contribution in [2.24, 2.45) is 5.73 Å². The van der Waals surface area contributed by atoms with Crippen LogP contribution in [0.4, 0.5) is 0 Å².